The van der Waals surface area contributed by atoms with Gasteiger partial charge in [-0.05, 0) is 49.4 Å². The van der Waals surface area contributed by atoms with Crippen LogP contribution in [0.4, 0.5) is 20.8 Å². The monoisotopic (exact) mass is 470 g/mol. The standard InChI is InChI=1S/C26H19FN4O4/c1-2-3-14-35-25(33)30-24-28-21-13-8-16(15-22(21)29-24)26(34)20-7-5-4-6-19(20)23(32)31(26)18-11-9-17(27)10-12-18/h4-13,15,34H,14H2,1H3,(H2,28,29,30,33). The van der Waals surface area contributed by atoms with Gasteiger partial charge in [0.1, 0.15) is 5.82 Å². The zero-order chi connectivity index (χ0) is 24.6. The molecule has 0 bridgehead atoms. The van der Waals surface area contributed by atoms with E-state index < -0.39 is 23.5 Å². The van der Waals surface area contributed by atoms with Crippen LogP contribution in [0.2, 0.25) is 0 Å². The Bertz CT molecular complexity index is 1520. The molecule has 9 heteroatoms. The molecule has 0 saturated carbocycles. The van der Waals surface area contributed by atoms with Crippen molar-refractivity contribution in [3.8, 4) is 11.8 Å². The first-order valence-corrected chi connectivity index (χ1v) is 10.7. The molecule has 0 saturated heterocycles. The Morgan fingerprint density at radius 3 is 2.74 bits per heavy atom. The van der Waals surface area contributed by atoms with E-state index in [2.05, 4.69) is 27.1 Å². The maximum absolute atomic E-state index is 13.6. The molecule has 3 aromatic carbocycles. The molecule has 1 aliphatic heterocycles. The molecule has 1 aromatic heterocycles. The van der Waals surface area contributed by atoms with Crippen molar-refractivity contribution < 1.29 is 23.8 Å². The van der Waals surface area contributed by atoms with Crippen LogP contribution < -0.4 is 10.2 Å². The van der Waals surface area contributed by atoms with Gasteiger partial charge in [0.15, 0.2) is 12.3 Å². The molecular weight excluding hydrogens is 451 g/mol. The first-order valence-electron chi connectivity index (χ1n) is 10.7. The van der Waals surface area contributed by atoms with E-state index in [0.29, 0.717) is 33.4 Å². The molecule has 3 N–H and O–H groups in total. The Morgan fingerprint density at radius 1 is 1.20 bits per heavy atom. The number of benzene rings is 3. The second-order valence-electron chi connectivity index (χ2n) is 7.78. The van der Waals surface area contributed by atoms with Crippen LogP contribution >= 0.6 is 0 Å². The second kappa shape index (κ2) is 8.59. The summed E-state index contributed by atoms with van der Waals surface area (Å²) < 4.78 is 18.5. The minimum atomic E-state index is -1.86. The molecule has 2 amide bonds. The number of aliphatic hydroxyl groups is 1. The minimum Gasteiger partial charge on any atom is -0.436 e. The van der Waals surface area contributed by atoms with Crippen molar-refractivity contribution in [3.05, 3.63) is 89.2 Å². The number of hydrogen-bond acceptors (Lipinski definition) is 5. The molecule has 1 unspecified atom stereocenters. The molecule has 2 heterocycles. The van der Waals surface area contributed by atoms with Crippen LogP contribution in [0.5, 0.6) is 0 Å². The molecule has 0 fully saturated rings. The number of hydrogen-bond donors (Lipinski definition) is 3. The highest BCUT2D eigenvalue weighted by atomic mass is 19.1. The third-order valence-electron chi connectivity index (χ3n) is 5.70. The van der Waals surface area contributed by atoms with Crippen LogP contribution in [0.25, 0.3) is 11.0 Å². The van der Waals surface area contributed by atoms with Crippen molar-refractivity contribution in [3.63, 3.8) is 0 Å². The van der Waals surface area contributed by atoms with Gasteiger partial charge >= 0.3 is 6.09 Å². The normalized spacial score (nSPS) is 16.5. The Kier molecular flexibility index (Phi) is 5.43. The number of carbonyl (C=O) groups is 2. The quantitative estimate of drug-likeness (QED) is 0.389. The lowest BCUT2D eigenvalue weighted by Crippen LogP contribution is -2.45. The van der Waals surface area contributed by atoms with Crippen LogP contribution in [0, 0.1) is 17.7 Å². The van der Waals surface area contributed by atoms with Crippen molar-refractivity contribution in [1.82, 2.24) is 9.97 Å². The summed E-state index contributed by atoms with van der Waals surface area (Å²) in [5.41, 5.74) is 0.610. The van der Waals surface area contributed by atoms with Gasteiger partial charge in [-0.2, -0.15) is 0 Å². The summed E-state index contributed by atoms with van der Waals surface area (Å²) in [6.45, 7) is 1.59. The van der Waals surface area contributed by atoms with Crippen molar-refractivity contribution in [1.29, 1.82) is 0 Å². The zero-order valence-electron chi connectivity index (χ0n) is 18.5. The number of fused-ring (bicyclic) bond motifs is 2. The molecule has 1 aliphatic rings. The van der Waals surface area contributed by atoms with E-state index in [0.717, 1.165) is 0 Å². The average Bonchev–Trinajstić information content (AvgIpc) is 3.36. The highest BCUT2D eigenvalue weighted by Crippen LogP contribution is 2.45. The van der Waals surface area contributed by atoms with Crippen molar-refractivity contribution in [2.24, 2.45) is 0 Å². The van der Waals surface area contributed by atoms with Crippen molar-refractivity contribution in [2.45, 2.75) is 12.6 Å². The number of amides is 2. The Morgan fingerprint density at radius 2 is 1.97 bits per heavy atom. The maximum Gasteiger partial charge on any atom is 0.414 e. The third kappa shape index (κ3) is 3.76. The number of rotatable bonds is 4. The van der Waals surface area contributed by atoms with Gasteiger partial charge in [0, 0.05) is 22.4 Å². The average molecular weight is 470 g/mol. The molecule has 35 heavy (non-hydrogen) atoms. The number of aromatic amines is 1. The predicted octanol–water partition coefficient (Wildman–Crippen LogP) is 4.13. The molecule has 0 radical (unpaired) electrons. The number of aromatic nitrogens is 2. The number of H-pyrrole nitrogens is 1. The van der Waals surface area contributed by atoms with Crippen LogP contribution in [-0.4, -0.2) is 33.7 Å². The molecule has 4 aromatic rings. The fraction of sp³-hybridized carbons (Fsp3) is 0.115. The first-order chi connectivity index (χ1) is 16.9. The maximum atomic E-state index is 13.6. The molecule has 0 spiro atoms. The van der Waals surface area contributed by atoms with E-state index in [-0.39, 0.29) is 12.6 Å². The number of anilines is 2. The van der Waals surface area contributed by atoms with Crippen molar-refractivity contribution >= 4 is 34.7 Å². The van der Waals surface area contributed by atoms with E-state index in [1.807, 2.05) is 0 Å². The van der Waals surface area contributed by atoms with Gasteiger partial charge in [0.05, 0.1) is 11.0 Å². The Balaban J connectivity index is 1.56. The van der Waals surface area contributed by atoms with Gasteiger partial charge in [-0.15, -0.1) is 5.92 Å². The highest BCUT2D eigenvalue weighted by molar-refractivity contribution is 6.12. The van der Waals surface area contributed by atoms with Gasteiger partial charge in [-0.25, -0.2) is 14.2 Å². The number of halogens is 1. The number of imidazole rings is 1. The van der Waals surface area contributed by atoms with Gasteiger partial charge in [-0.1, -0.05) is 30.2 Å². The van der Waals surface area contributed by atoms with Crippen molar-refractivity contribution in [2.75, 3.05) is 16.8 Å². The third-order valence-corrected chi connectivity index (χ3v) is 5.70. The number of ether oxygens (including phenoxy) is 1. The first kappa shape index (κ1) is 22.1. The van der Waals surface area contributed by atoms with E-state index in [1.54, 1.807) is 49.4 Å². The molecule has 0 aliphatic carbocycles. The lowest BCUT2D eigenvalue weighted by Gasteiger charge is -2.34. The van der Waals surface area contributed by atoms with Gasteiger partial charge in [0.25, 0.3) is 5.91 Å². The zero-order valence-corrected chi connectivity index (χ0v) is 18.5. The van der Waals surface area contributed by atoms with E-state index >= 15 is 0 Å². The molecule has 8 nitrogen and oxygen atoms in total. The van der Waals surface area contributed by atoms with E-state index in [9.17, 15) is 19.1 Å². The number of nitrogens with zero attached hydrogens (tertiary/aromatic N) is 2. The smallest absolute Gasteiger partial charge is 0.414 e. The lowest BCUT2D eigenvalue weighted by atomic mass is 9.93. The fourth-order valence-electron chi connectivity index (χ4n) is 4.13. The highest BCUT2D eigenvalue weighted by Gasteiger charge is 2.50. The Hall–Kier alpha value is -4.68. The molecule has 5 rings (SSSR count). The summed E-state index contributed by atoms with van der Waals surface area (Å²) in [6.07, 6.45) is -0.719. The summed E-state index contributed by atoms with van der Waals surface area (Å²) in [5, 5.41) is 14.6. The largest absolute Gasteiger partial charge is 0.436 e. The molecular formula is C26H19FN4O4. The van der Waals surface area contributed by atoms with E-state index in [1.165, 1.54) is 29.2 Å². The topological polar surface area (TPSA) is 108 Å². The van der Waals surface area contributed by atoms with Gasteiger partial charge in [0.2, 0.25) is 5.95 Å². The van der Waals surface area contributed by atoms with Crippen LogP contribution in [-0.2, 0) is 10.5 Å². The second-order valence-corrected chi connectivity index (χ2v) is 7.78. The molecule has 1 atom stereocenters. The summed E-state index contributed by atoms with van der Waals surface area (Å²) >= 11 is 0. The van der Waals surface area contributed by atoms with Crippen LogP contribution in [0.15, 0.2) is 66.7 Å². The SMILES string of the molecule is CC#CCOC(=O)Nc1nc2ccc(C3(O)c4ccccc4C(=O)N3c3ccc(F)cc3)cc2[nH]1. The molecule has 174 valence electrons. The lowest BCUT2D eigenvalue weighted by molar-refractivity contribution is 0.0704. The summed E-state index contributed by atoms with van der Waals surface area (Å²) in [6, 6.07) is 17.1. The van der Waals surface area contributed by atoms with Crippen LogP contribution in [0.3, 0.4) is 0 Å². The van der Waals surface area contributed by atoms with Gasteiger partial charge < -0.3 is 14.8 Å². The predicted molar refractivity (Wildman–Crippen MR) is 127 cm³/mol. The van der Waals surface area contributed by atoms with Crippen LogP contribution in [0.1, 0.15) is 28.4 Å². The fourth-order valence-corrected chi connectivity index (χ4v) is 4.13. The van der Waals surface area contributed by atoms with E-state index in [4.69, 9.17) is 4.74 Å². The minimum absolute atomic E-state index is 0.0492. The number of nitrogens with one attached hydrogen (secondary N) is 2. The summed E-state index contributed by atoms with van der Waals surface area (Å²) in [4.78, 5) is 33.8. The summed E-state index contributed by atoms with van der Waals surface area (Å²) in [5.74, 6) is 4.52. The Labute approximate surface area is 199 Å². The van der Waals surface area contributed by atoms with Gasteiger partial charge in [-0.3, -0.25) is 15.0 Å². The summed E-state index contributed by atoms with van der Waals surface area (Å²) in [7, 11) is 0. The number of carbonyl (C=O) groups excluding carboxylic acids is 2.